The lowest BCUT2D eigenvalue weighted by atomic mass is 10.0. The van der Waals surface area contributed by atoms with Crippen LogP contribution in [0.1, 0.15) is 33.5 Å². The van der Waals surface area contributed by atoms with Gasteiger partial charge in [0.05, 0.1) is 0 Å². The van der Waals surface area contributed by atoms with Gasteiger partial charge in [-0.2, -0.15) is 0 Å². The van der Waals surface area contributed by atoms with Gasteiger partial charge < -0.3 is 14.3 Å². The Kier molecular flexibility index (Phi) is 5.84. The van der Waals surface area contributed by atoms with Crippen molar-refractivity contribution in [3.8, 4) is 5.75 Å². The molecular formula is C27H23NO5. The highest BCUT2D eigenvalue weighted by Gasteiger charge is 2.28. The predicted octanol–water partition coefficient (Wildman–Crippen LogP) is 5.45. The molecule has 0 radical (unpaired) electrons. The third-order valence-corrected chi connectivity index (χ3v) is 5.37. The van der Waals surface area contributed by atoms with E-state index in [0.29, 0.717) is 22.4 Å². The standard InChI is InChI=1S/C27H23NO5/c1-15-13-17(3)25(18(4)14-15)33-26(30)22(24(29)19-10-6-5-9-16(19)2)23-27(31)32-21-12-8-7-11-20(21)28-23/h5-14,29H,1-4H3/b24-22+. The second-order valence-electron chi connectivity index (χ2n) is 7.97. The Balaban J connectivity index is 1.94. The van der Waals surface area contributed by atoms with Crippen molar-refractivity contribution < 1.29 is 19.1 Å². The van der Waals surface area contributed by atoms with Crippen LogP contribution < -0.4 is 10.4 Å². The van der Waals surface area contributed by atoms with Crippen LogP contribution in [-0.2, 0) is 4.79 Å². The molecule has 0 spiro atoms. The number of aliphatic hydroxyl groups is 1. The van der Waals surface area contributed by atoms with Gasteiger partial charge in [-0.25, -0.2) is 14.6 Å². The molecule has 0 aliphatic heterocycles. The molecule has 1 aromatic heterocycles. The van der Waals surface area contributed by atoms with E-state index in [1.54, 1.807) is 49.4 Å². The average molecular weight is 441 g/mol. The van der Waals surface area contributed by atoms with E-state index in [1.807, 2.05) is 39.0 Å². The molecule has 6 heteroatoms. The smallest absolute Gasteiger partial charge is 0.363 e. The summed E-state index contributed by atoms with van der Waals surface area (Å²) in [6, 6.07) is 17.5. The number of carbonyl (C=O) groups excluding carboxylic acids is 1. The summed E-state index contributed by atoms with van der Waals surface area (Å²) < 4.78 is 11.1. The van der Waals surface area contributed by atoms with Crippen molar-refractivity contribution in [1.29, 1.82) is 0 Å². The van der Waals surface area contributed by atoms with E-state index in [9.17, 15) is 14.7 Å². The van der Waals surface area contributed by atoms with Crippen molar-refractivity contribution in [1.82, 2.24) is 4.98 Å². The van der Waals surface area contributed by atoms with Crippen molar-refractivity contribution in [3.05, 3.63) is 105 Å². The van der Waals surface area contributed by atoms with Crippen LogP contribution in [0, 0.1) is 27.7 Å². The zero-order chi connectivity index (χ0) is 23.7. The molecule has 166 valence electrons. The number of benzene rings is 3. The first kappa shape index (κ1) is 22.0. The number of fused-ring (bicyclic) bond motifs is 1. The lowest BCUT2D eigenvalue weighted by Crippen LogP contribution is -2.20. The minimum absolute atomic E-state index is 0.277. The molecule has 0 unspecified atom stereocenters. The van der Waals surface area contributed by atoms with Crippen molar-refractivity contribution in [2.24, 2.45) is 0 Å². The van der Waals surface area contributed by atoms with Gasteiger partial charge in [0.15, 0.2) is 11.3 Å². The van der Waals surface area contributed by atoms with E-state index in [0.717, 1.165) is 16.7 Å². The molecule has 0 saturated heterocycles. The van der Waals surface area contributed by atoms with Crippen LogP contribution in [0.3, 0.4) is 0 Å². The Morgan fingerprint density at radius 3 is 2.24 bits per heavy atom. The van der Waals surface area contributed by atoms with Crippen LogP contribution in [0.25, 0.3) is 22.4 Å². The zero-order valence-corrected chi connectivity index (χ0v) is 18.8. The molecule has 33 heavy (non-hydrogen) atoms. The zero-order valence-electron chi connectivity index (χ0n) is 18.8. The highest BCUT2D eigenvalue weighted by molar-refractivity contribution is 6.23. The first-order valence-electron chi connectivity index (χ1n) is 10.5. The number of rotatable bonds is 4. The van der Waals surface area contributed by atoms with Crippen molar-refractivity contribution >= 4 is 28.4 Å². The summed E-state index contributed by atoms with van der Waals surface area (Å²) in [5.41, 5.74) is 2.77. The van der Waals surface area contributed by atoms with E-state index >= 15 is 0 Å². The number of hydrogen-bond donors (Lipinski definition) is 1. The van der Waals surface area contributed by atoms with E-state index in [1.165, 1.54) is 0 Å². The van der Waals surface area contributed by atoms with Gasteiger partial charge in [0.1, 0.15) is 22.6 Å². The molecule has 1 heterocycles. The van der Waals surface area contributed by atoms with Gasteiger partial charge in [0.25, 0.3) is 0 Å². The maximum Gasteiger partial charge on any atom is 0.363 e. The lowest BCUT2D eigenvalue weighted by Gasteiger charge is -2.15. The minimum Gasteiger partial charge on any atom is -0.506 e. The van der Waals surface area contributed by atoms with Crippen LogP contribution in [0.4, 0.5) is 0 Å². The molecule has 6 nitrogen and oxygen atoms in total. The van der Waals surface area contributed by atoms with Crippen LogP contribution in [-0.4, -0.2) is 16.1 Å². The number of nitrogens with zero attached hydrogens (tertiary/aromatic N) is 1. The van der Waals surface area contributed by atoms with E-state index in [2.05, 4.69) is 4.98 Å². The second-order valence-corrected chi connectivity index (χ2v) is 7.97. The molecule has 4 aromatic rings. The minimum atomic E-state index is -0.902. The Hall–Kier alpha value is -4.19. The molecule has 0 aliphatic carbocycles. The SMILES string of the molecule is Cc1cc(C)c(OC(=O)/C(=C(/O)c2ccccc2C)c2nc3ccccc3oc2=O)c(C)c1. The fraction of sp³-hybridized carbons (Fsp3) is 0.148. The first-order valence-corrected chi connectivity index (χ1v) is 10.5. The fourth-order valence-electron chi connectivity index (χ4n) is 3.86. The predicted molar refractivity (Wildman–Crippen MR) is 127 cm³/mol. The van der Waals surface area contributed by atoms with Gasteiger partial charge in [-0.15, -0.1) is 0 Å². The van der Waals surface area contributed by atoms with Gasteiger partial charge in [-0.3, -0.25) is 0 Å². The van der Waals surface area contributed by atoms with Crippen LogP contribution in [0.15, 0.2) is 69.9 Å². The summed E-state index contributed by atoms with van der Waals surface area (Å²) in [5, 5.41) is 11.2. The number of aromatic nitrogens is 1. The number of esters is 1. The van der Waals surface area contributed by atoms with Crippen molar-refractivity contribution in [2.45, 2.75) is 27.7 Å². The Morgan fingerprint density at radius 2 is 1.55 bits per heavy atom. The van der Waals surface area contributed by atoms with E-state index < -0.39 is 17.4 Å². The summed E-state index contributed by atoms with van der Waals surface area (Å²) in [6.07, 6.45) is 0. The summed E-state index contributed by atoms with van der Waals surface area (Å²) in [4.78, 5) is 30.7. The molecular weight excluding hydrogens is 418 g/mol. The average Bonchev–Trinajstić information content (AvgIpc) is 2.77. The number of para-hydroxylation sites is 2. The van der Waals surface area contributed by atoms with Crippen LogP contribution in [0.5, 0.6) is 5.75 Å². The largest absolute Gasteiger partial charge is 0.506 e. The van der Waals surface area contributed by atoms with Gasteiger partial charge >= 0.3 is 11.6 Å². The first-order chi connectivity index (χ1) is 15.8. The molecule has 1 N–H and O–H groups in total. The van der Waals surface area contributed by atoms with Gasteiger partial charge in [0, 0.05) is 5.56 Å². The maximum absolute atomic E-state index is 13.5. The highest BCUT2D eigenvalue weighted by atomic mass is 16.5. The summed E-state index contributed by atoms with van der Waals surface area (Å²) >= 11 is 0. The quantitative estimate of drug-likeness (QED) is 0.196. The molecule has 0 atom stereocenters. The van der Waals surface area contributed by atoms with Gasteiger partial charge in [-0.05, 0) is 56.5 Å². The van der Waals surface area contributed by atoms with Crippen molar-refractivity contribution in [3.63, 3.8) is 0 Å². The molecule has 0 aliphatic rings. The Labute approximate surface area is 190 Å². The highest BCUT2D eigenvalue weighted by Crippen LogP contribution is 2.30. The van der Waals surface area contributed by atoms with Gasteiger partial charge in [-0.1, -0.05) is 54.1 Å². The number of ether oxygens (including phenoxy) is 1. The van der Waals surface area contributed by atoms with E-state index in [4.69, 9.17) is 9.15 Å². The molecule has 0 amide bonds. The fourth-order valence-corrected chi connectivity index (χ4v) is 3.86. The molecule has 0 saturated carbocycles. The van der Waals surface area contributed by atoms with Crippen LogP contribution in [0.2, 0.25) is 0 Å². The van der Waals surface area contributed by atoms with E-state index in [-0.39, 0.29) is 16.9 Å². The Bertz CT molecular complexity index is 1460. The molecule has 0 bridgehead atoms. The molecule has 3 aromatic carbocycles. The maximum atomic E-state index is 13.5. The Morgan fingerprint density at radius 1 is 0.909 bits per heavy atom. The number of aliphatic hydroxyl groups excluding tert-OH is 1. The lowest BCUT2D eigenvalue weighted by molar-refractivity contribution is -0.128. The summed E-state index contributed by atoms with van der Waals surface area (Å²) in [6.45, 7) is 7.40. The monoisotopic (exact) mass is 441 g/mol. The summed E-state index contributed by atoms with van der Waals surface area (Å²) in [5.74, 6) is -0.942. The third kappa shape index (κ3) is 4.28. The molecule has 0 fully saturated rings. The number of carbonyl (C=O) groups is 1. The number of aryl methyl sites for hydroxylation is 4. The van der Waals surface area contributed by atoms with Crippen molar-refractivity contribution in [2.75, 3.05) is 0 Å². The van der Waals surface area contributed by atoms with Gasteiger partial charge in [0.2, 0.25) is 0 Å². The summed E-state index contributed by atoms with van der Waals surface area (Å²) in [7, 11) is 0. The second kappa shape index (κ2) is 8.74. The third-order valence-electron chi connectivity index (χ3n) is 5.37. The number of hydrogen-bond acceptors (Lipinski definition) is 6. The topological polar surface area (TPSA) is 89.6 Å². The normalized spacial score (nSPS) is 11.9. The molecule has 4 rings (SSSR count). The van der Waals surface area contributed by atoms with Crippen LogP contribution >= 0.6 is 0 Å².